The van der Waals surface area contributed by atoms with Crippen LogP contribution in [0.4, 0.5) is 0 Å². The number of nitrogens with zero attached hydrogens (tertiary/aromatic N) is 3. The Morgan fingerprint density at radius 3 is 2.52 bits per heavy atom. The highest BCUT2D eigenvalue weighted by Crippen LogP contribution is 2.14. The number of fused-ring (bicyclic) bond motifs is 1. The number of amides is 1. The second-order valence-electron chi connectivity index (χ2n) is 4.82. The van der Waals surface area contributed by atoms with E-state index in [0.717, 1.165) is 5.52 Å². The van der Waals surface area contributed by atoms with Gasteiger partial charge in [0.15, 0.2) is 0 Å². The fraction of sp³-hybridized carbons (Fsp3) is 0.462. The summed E-state index contributed by atoms with van der Waals surface area (Å²) in [5.41, 5.74) is 0.247. The molecule has 0 aliphatic rings. The van der Waals surface area contributed by atoms with Crippen LogP contribution in [0, 0.1) is 0 Å². The van der Waals surface area contributed by atoms with Crippen LogP contribution in [0.3, 0.4) is 0 Å². The minimum atomic E-state index is -1.45. The van der Waals surface area contributed by atoms with Crippen LogP contribution >= 0.6 is 0 Å². The minimum absolute atomic E-state index is 0.311. The van der Waals surface area contributed by atoms with Crippen molar-refractivity contribution in [3.05, 3.63) is 23.8 Å². The predicted octanol–water partition coefficient (Wildman–Crippen LogP) is -1.10. The van der Waals surface area contributed by atoms with E-state index in [4.69, 9.17) is 0 Å². The normalized spacial score (nSPS) is 11.8. The second-order valence-corrected chi connectivity index (χ2v) is 4.82. The molecule has 1 amide bonds. The van der Waals surface area contributed by atoms with Crippen LogP contribution in [0.2, 0.25) is 0 Å². The number of aliphatic hydroxyl groups excluding tert-OH is 3. The number of rotatable bonds is 6. The van der Waals surface area contributed by atoms with Crippen molar-refractivity contribution >= 4 is 16.9 Å². The zero-order valence-electron chi connectivity index (χ0n) is 11.7. The van der Waals surface area contributed by atoms with Crippen LogP contribution in [0.1, 0.15) is 17.3 Å². The van der Waals surface area contributed by atoms with Gasteiger partial charge in [0.05, 0.1) is 25.3 Å². The molecule has 1 aromatic heterocycles. The Balaban J connectivity index is 2.27. The largest absolute Gasteiger partial charge is 0.394 e. The fourth-order valence-electron chi connectivity index (χ4n) is 1.93. The number of hydrogen-bond donors (Lipinski definition) is 4. The molecule has 21 heavy (non-hydrogen) atoms. The van der Waals surface area contributed by atoms with Crippen LogP contribution in [0.15, 0.2) is 18.2 Å². The van der Waals surface area contributed by atoms with Gasteiger partial charge in [-0.1, -0.05) is 5.21 Å². The van der Waals surface area contributed by atoms with E-state index in [1.54, 1.807) is 22.9 Å². The minimum Gasteiger partial charge on any atom is -0.394 e. The third-order valence-electron chi connectivity index (χ3n) is 3.36. The topological polar surface area (TPSA) is 121 Å². The van der Waals surface area contributed by atoms with Crippen molar-refractivity contribution in [2.75, 3.05) is 19.8 Å². The van der Waals surface area contributed by atoms with Crippen molar-refractivity contribution in [1.82, 2.24) is 20.3 Å². The Morgan fingerprint density at radius 1 is 1.29 bits per heavy atom. The van der Waals surface area contributed by atoms with Gasteiger partial charge in [-0.25, -0.2) is 4.68 Å². The van der Waals surface area contributed by atoms with Crippen LogP contribution in [0.5, 0.6) is 0 Å². The molecule has 0 aliphatic heterocycles. The van der Waals surface area contributed by atoms with Gasteiger partial charge in [0.1, 0.15) is 11.1 Å². The van der Waals surface area contributed by atoms with E-state index in [2.05, 4.69) is 15.6 Å². The molecule has 8 nitrogen and oxygen atoms in total. The number of aromatic nitrogens is 3. The first-order valence-electron chi connectivity index (χ1n) is 6.57. The molecule has 0 radical (unpaired) electrons. The van der Waals surface area contributed by atoms with E-state index in [-0.39, 0.29) is 0 Å². The Kier molecular flexibility index (Phi) is 4.51. The van der Waals surface area contributed by atoms with Crippen molar-refractivity contribution in [2.45, 2.75) is 19.0 Å². The molecule has 8 heteroatoms. The summed E-state index contributed by atoms with van der Waals surface area (Å²) in [5, 5.41) is 38.0. The lowest BCUT2D eigenvalue weighted by molar-refractivity contribution is 0.0375. The van der Waals surface area contributed by atoms with Crippen LogP contribution < -0.4 is 5.32 Å². The van der Waals surface area contributed by atoms with Gasteiger partial charge in [-0.3, -0.25) is 4.79 Å². The average Bonchev–Trinajstić information content (AvgIpc) is 2.94. The number of aliphatic hydroxyl groups is 3. The summed E-state index contributed by atoms with van der Waals surface area (Å²) >= 11 is 0. The van der Waals surface area contributed by atoms with Gasteiger partial charge < -0.3 is 20.6 Å². The molecule has 0 unspecified atom stereocenters. The summed E-state index contributed by atoms with van der Waals surface area (Å²) < 4.78 is 1.70. The Morgan fingerprint density at radius 2 is 1.95 bits per heavy atom. The van der Waals surface area contributed by atoms with E-state index in [1.165, 1.54) is 0 Å². The van der Waals surface area contributed by atoms with Gasteiger partial charge in [0.25, 0.3) is 5.91 Å². The maximum atomic E-state index is 12.2. The highest BCUT2D eigenvalue weighted by molar-refractivity contribution is 5.97. The van der Waals surface area contributed by atoms with Crippen molar-refractivity contribution in [1.29, 1.82) is 0 Å². The molecule has 0 spiro atoms. The highest BCUT2D eigenvalue weighted by atomic mass is 16.3. The number of aryl methyl sites for hydroxylation is 1. The van der Waals surface area contributed by atoms with E-state index in [1.807, 2.05) is 6.92 Å². The molecule has 114 valence electrons. The summed E-state index contributed by atoms with van der Waals surface area (Å²) in [5.74, 6) is -0.514. The van der Waals surface area contributed by atoms with E-state index in [0.29, 0.717) is 17.6 Å². The van der Waals surface area contributed by atoms with Gasteiger partial charge >= 0.3 is 0 Å². The molecular formula is C13H18N4O4. The monoisotopic (exact) mass is 294 g/mol. The SMILES string of the molecule is CCn1nnc2cc(C(=O)NC(CO)(CO)CO)ccc21. The molecule has 0 saturated carbocycles. The fourth-order valence-corrected chi connectivity index (χ4v) is 1.93. The van der Waals surface area contributed by atoms with Gasteiger partial charge in [-0.15, -0.1) is 5.10 Å². The number of carbonyl (C=O) groups is 1. The number of benzene rings is 1. The molecule has 2 rings (SSSR count). The zero-order chi connectivity index (χ0) is 15.5. The first-order chi connectivity index (χ1) is 10.1. The van der Waals surface area contributed by atoms with E-state index >= 15 is 0 Å². The van der Waals surface area contributed by atoms with Gasteiger partial charge in [-0.2, -0.15) is 0 Å². The molecule has 0 bridgehead atoms. The molecule has 4 N–H and O–H groups in total. The zero-order valence-corrected chi connectivity index (χ0v) is 11.7. The third-order valence-corrected chi connectivity index (χ3v) is 3.36. The van der Waals surface area contributed by atoms with Gasteiger partial charge in [-0.05, 0) is 25.1 Å². The van der Waals surface area contributed by atoms with Crippen molar-refractivity contribution < 1.29 is 20.1 Å². The smallest absolute Gasteiger partial charge is 0.252 e. The Labute approximate surface area is 121 Å². The molecule has 0 aliphatic carbocycles. The highest BCUT2D eigenvalue weighted by Gasteiger charge is 2.30. The lowest BCUT2D eigenvalue weighted by Crippen LogP contribution is -2.57. The lowest BCUT2D eigenvalue weighted by Gasteiger charge is -2.28. The first kappa shape index (κ1) is 15.4. The lowest BCUT2D eigenvalue weighted by atomic mass is 10.0. The molecule has 1 heterocycles. The Hall–Kier alpha value is -2.03. The molecule has 2 aromatic rings. The first-order valence-corrected chi connectivity index (χ1v) is 6.57. The average molecular weight is 294 g/mol. The molecule has 0 atom stereocenters. The third kappa shape index (κ3) is 2.87. The summed E-state index contributed by atoms with van der Waals surface area (Å²) in [6, 6.07) is 4.90. The van der Waals surface area contributed by atoms with Gasteiger partial charge in [0, 0.05) is 12.1 Å². The summed E-state index contributed by atoms with van der Waals surface area (Å²) in [7, 11) is 0. The number of carbonyl (C=O) groups excluding carboxylic acids is 1. The molecule has 0 saturated heterocycles. The molecule has 0 fully saturated rings. The number of hydrogen-bond acceptors (Lipinski definition) is 6. The van der Waals surface area contributed by atoms with Crippen molar-refractivity contribution in [3.8, 4) is 0 Å². The quantitative estimate of drug-likeness (QED) is 0.536. The molecular weight excluding hydrogens is 276 g/mol. The maximum absolute atomic E-state index is 12.2. The van der Waals surface area contributed by atoms with Crippen LogP contribution in [-0.2, 0) is 6.54 Å². The Bertz CT molecular complexity index is 628. The van der Waals surface area contributed by atoms with Crippen LogP contribution in [0.25, 0.3) is 11.0 Å². The van der Waals surface area contributed by atoms with Crippen molar-refractivity contribution in [3.63, 3.8) is 0 Å². The second kappa shape index (κ2) is 6.17. The van der Waals surface area contributed by atoms with E-state index in [9.17, 15) is 20.1 Å². The maximum Gasteiger partial charge on any atom is 0.252 e. The summed E-state index contributed by atoms with van der Waals surface area (Å²) in [6.45, 7) is 0.900. The molecule has 1 aromatic carbocycles. The number of nitrogens with one attached hydrogen (secondary N) is 1. The van der Waals surface area contributed by atoms with Crippen LogP contribution in [-0.4, -0.2) is 61.6 Å². The van der Waals surface area contributed by atoms with E-state index < -0.39 is 31.3 Å². The standard InChI is InChI=1S/C13H18N4O4/c1-2-17-11-4-3-9(5-10(11)15-16-17)12(21)14-13(6-18,7-19)8-20/h3-5,18-20H,2,6-8H2,1H3,(H,14,21). The predicted molar refractivity (Wildman–Crippen MR) is 74.7 cm³/mol. The van der Waals surface area contributed by atoms with Gasteiger partial charge in [0.2, 0.25) is 0 Å². The summed E-state index contributed by atoms with van der Waals surface area (Å²) in [4.78, 5) is 12.2. The van der Waals surface area contributed by atoms with Crippen molar-refractivity contribution in [2.24, 2.45) is 0 Å². The summed E-state index contributed by atoms with van der Waals surface area (Å²) in [6.07, 6.45) is 0.